The van der Waals surface area contributed by atoms with Crippen LogP contribution in [0.5, 0.6) is 0 Å². The number of amides is 1. The maximum absolute atomic E-state index is 12.4. The molecule has 0 radical (unpaired) electrons. The molecule has 1 aromatic carbocycles. The minimum atomic E-state index is 0.0486. The number of carbonyl (C=O) groups excluding carboxylic acids is 1. The highest BCUT2D eigenvalue weighted by Crippen LogP contribution is 2.18. The monoisotopic (exact) mass is 298 g/mol. The molecule has 0 aliphatic heterocycles. The van der Waals surface area contributed by atoms with Crippen molar-refractivity contribution in [1.82, 2.24) is 14.5 Å². The van der Waals surface area contributed by atoms with E-state index in [-0.39, 0.29) is 18.9 Å². The van der Waals surface area contributed by atoms with Gasteiger partial charge in [-0.05, 0) is 31.0 Å². The van der Waals surface area contributed by atoms with Crippen LogP contribution in [0.2, 0.25) is 0 Å². The summed E-state index contributed by atoms with van der Waals surface area (Å²) in [4.78, 5) is 18.6. The lowest BCUT2D eigenvalue weighted by molar-refractivity contribution is -0.130. The molecule has 1 aromatic heterocycles. The molecule has 116 valence electrons. The van der Waals surface area contributed by atoms with E-state index in [9.17, 15) is 4.79 Å². The number of likely N-dealkylation sites (N-methyl/N-ethyl adjacent to an activating group) is 1. The second-order valence-electron chi connectivity index (χ2n) is 5.61. The van der Waals surface area contributed by atoms with E-state index in [4.69, 9.17) is 5.26 Å². The first-order chi connectivity index (χ1) is 10.6. The molecule has 0 bridgehead atoms. The van der Waals surface area contributed by atoms with Gasteiger partial charge in [-0.1, -0.05) is 19.4 Å². The zero-order valence-corrected chi connectivity index (χ0v) is 13.5. The van der Waals surface area contributed by atoms with Gasteiger partial charge in [0.1, 0.15) is 12.4 Å². The largest absolute Gasteiger partial charge is 0.344 e. The molecular formula is C17H22N4O. The SMILES string of the molecule is CCCCN(C)C(=O)Cn1c(CC#N)nc2cc(C)ccc21. The molecule has 22 heavy (non-hydrogen) atoms. The van der Waals surface area contributed by atoms with E-state index in [2.05, 4.69) is 18.0 Å². The number of hydrogen-bond acceptors (Lipinski definition) is 3. The Hall–Kier alpha value is -2.35. The first kappa shape index (κ1) is 16.0. The van der Waals surface area contributed by atoms with Crippen molar-refractivity contribution in [2.45, 2.75) is 39.7 Å². The maximum atomic E-state index is 12.4. The zero-order chi connectivity index (χ0) is 16.1. The number of aryl methyl sites for hydroxylation is 1. The highest BCUT2D eigenvalue weighted by atomic mass is 16.2. The Kier molecular flexibility index (Phi) is 5.16. The number of aromatic nitrogens is 2. The van der Waals surface area contributed by atoms with Gasteiger partial charge in [-0.3, -0.25) is 4.79 Å². The van der Waals surface area contributed by atoms with Crippen molar-refractivity contribution in [2.75, 3.05) is 13.6 Å². The fourth-order valence-electron chi connectivity index (χ4n) is 2.45. The summed E-state index contributed by atoms with van der Waals surface area (Å²) in [7, 11) is 1.82. The summed E-state index contributed by atoms with van der Waals surface area (Å²) in [6.45, 7) is 5.10. The van der Waals surface area contributed by atoms with Crippen LogP contribution in [0.3, 0.4) is 0 Å². The highest BCUT2D eigenvalue weighted by Gasteiger charge is 2.15. The van der Waals surface area contributed by atoms with Crippen molar-refractivity contribution in [3.8, 4) is 6.07 Å². The van der Waals surface area contributed by atoms with Crippen LogP contribution in [-0.4, -0.2) is 34.0 Å². The number of fused-ring (bicyclic) bond motifs is 1. The summed E-state index contributed by atoms with van der Waals surface area (Å²) in [5.74, 6) is 0.702. The van der Waals surface area contributed by atoms with Gasteiger partial charge in [0.25, 0.3) is 0 Å². The average molecular weight is 298 g/mol. The summed E-state index contributed by atoms with van der Waals surface area (Å²) in [5.41, 5.74) is 2.87. The van der Waals surface area contributed by atoms with Crippen molar-refractivity contribution < 1.29 is 4.79 Å². The predicted octanol–water partition coefficient (Wildman–Crippen LogP) is 2.67. The van der Waals surface area contributed by atoms with Gasteiger partial charge in [-0.2, -0.15) is 5.26 Å². The Bertz CT molecular complexity index is 711. The molecule has 5 heteroatoms. The number of imidazole rings is 1. The van der Waals surface area contributed by atoms with Crippen molar-refractivity contribution in [3.63, 3.8) is 0 Å². The summed E-state index contributed by atoms with van der Waals surface area (Å²) in [6.07, 6.45) is 2.27. The molecule has 2 aromatic rings. The van der Waals surface area contributed by atoms with Gasteiger partial charge >= 0.3 is 0 Å². The lowest BCUT2D eigenvalue weighted by atomic mass is 10.2. The van der Waals surface area contributed by atoms with E-state index >= 15 is 0 Å². The number of nitriles is 1. The second-order valence-corrected chi connectivity index (χ2v) is 5.61. The quantitative estimate of drug-likeness (QED) is 0.823. The van der Waals surface area contributed by atoms with Crippen LogP contribution in [0.1, 0.15) is 31.2 Å². The fourth-order valence-corrected chi connectivity index (χ4v) is 2.45. The third-order valence-corrected chi connectivity index (χ3v) is 3.79. The van der Waals surface area contributed by atoms with Gasteiger partial charge in [0, 0.05) is 13.6 Å². The molecule has 0 saturated heterocycles. The lowest BCUT2D eigenvalue weighted by Crippen LogP contribution is -2.31. The Morgan fingerprint density at radius 1 is 1.45 bits per heavy atom. The van der Waals surface area contributed by atoms with Gasteiger partial charge in [0.15, 0.2) is 0 Å². The summed E-state index contributed by atoms with van der Waals surface area (Å²) >= 11 is 0. The highest BCUT2D eigenvalue weighted by molar-refractivity contribution is 5.81. The van der Waals surface area contributed by atoms with Crippen molar-refractivity contribution >= 4 is 16.9 Å². The normalized spacial score (nSPS) is 10.6. The van der Waals surface area contributed by atoms with Gasteiger partial charge in [-0.25, -0.2) is 4.98 Å². The molecule has 0 aliphatic carbocycles. The van der Waals surface area contributed by atoms with Crippen LogP contribution in [0.4, 0.5) is 0 Å². The molecular weight excluding hydrogens is 276 g/mol. The third-order valence-electron chi connectivity index (χ3n) is 3.79. The maximum Gasteiger partial charge on any atom is 0.242 e. The molecule has 0 saturated carbocycles. The number of benzene rings is 1. The van der Waals surface area contributed by atoms with Crippen LogP contribution in [0.25, 0.3) is 11.0 Å². The number of rotatable bonds is 6. The van der Waals surface area contributed by atoms with E-state index in [0.29, 0.717) is 5.82 Å². The van der Waals surface area contributed by atoms with Crippen LogP contribution in [0.15, 0.2) is 18.2 Å². The molecule has 2 rings (SSSR count). The van der Waals surface area contributed by atoms with Gasteiger partial charge in [0.05, 0.1) is 23.5 Å². The van der Waals surface area contributed by atoms with E-state index in [0.717, 1.165) is 36.0 Å². The summed E-state index contributed by atoms with van der Waals surface area (Å²) in [5, 5.41) is 8.98. The topological polar surface area (TPSA) is 61.9 Å². The molecule has 0 fully saturated rings. The molecule has 0 N–H and O–H groups in total. The lowest BCUT2D eigenvalue weighted by Gasteiger charge is -2.18. The van der Waals surface area contributed by atoms with Crippen molar-refractivity contribution in [2.24, 2.45) is 0 Å². The smallest absolute Gasteiger partial charge is 0.242 e. The van der Waals surface area contributed by atoms with Crippen LogP contribution in [0, 0.1) is 18.3 Å². The third kappa shape index (κ3) is 3.45. The van der Waals surface area contributed by atoms with Gasteiger partial charge < -0.3 is 9.47 Å². The zero-order valence-electron chi connectivity index (χ0n) is 13.5. The first-order valence-corrected chi connectivity index (χ1v) is 7.63. The average Bonchev–Trinajstić information content (AvgIpc) is 2.82. The van der Waals surface area contributed by atoms with E-state index in [1.807, 2.05) is 36.7 Å². The molecule has 0 aliphatic rings. The van der Waals surface area contributed by atoms with Crippen LogP contribution in [-0.2, 0) is 17.8 Å². The van der Waals surface area contributed by atoms with E-state index < -0.39 is 0 Å². The molecule has 5 nitrogen and oxygen atoms in total. The fraction of sp³-hybridized carbons (Fsp3) is 0.471. The number of carbonyl (C=O) groups is 1. The molecule has 1 amide bonds. The number of hydrogen-bond donors (Lipinski definition) is 0. The van der Waals surface area contributed by atoms with Crippen molar-refractivity contribution in [3.05, 3.63) is 29.6 Å². The molecule has 0 unspecified atom stereocenters. The molecule has 1 heterocycles. The number of unbranched alkanes of at least 4 members (excludes halogenated alkanes) is 1. The van der Waals surface area contributed by atoms with Crippen LogP contribution >= 0.6 is 0 Å². The number of nitrogens with zero attached hydrogens (tertiary/aromatic N) is 4. The first-order valence-electron chi connectivity index (χ1n) is 7.63. The second kappa shape index (κ2) is 7.08. The van der Waals surface area contributed by atoms with Crippen molar-refractivity contribution in [1.29, 1.82) is 5.26 Å². The van der Waals surface area contributed by atoms with E-state index in [1.165, 1.54) is 0 Å². The Morgan fingerprint density at radius 2 is 2.23 bits per heavy atom. The minimum absolute atomic E-state index is 0.0486. The van der Waals surface area contributed by atoms with E-state index in [1.54, 1.807) is 4.90 Å². The van der Waals surface area contributed by atoms with Crippen LogP contribution < -0.4 is 0 Å². The molecule has 0 atom stereocenters. The minimum Gasteiger partial charge on any atom is -0.344 e. The van der Waals surface area contributed by atoms with Gasteiger partial charge in [0.2, 0.25) is 5.91 Å². The summed E-state index contributed by atoms with van der Waals surface area (Å²) in [6, 6.07) is 8.08. The standard InChI is InChI=1S/C17H22N4O/c1-4-5-10-20(3)17(22)12-21-15-7-6-13(2)11-14(15)19-16(21)8-9-18/h6-7,11H,4-5,8,10,12H2,1-3H3. The Labute approximate surface area is 131 Å². The van der Waals surface area contributed by atoms with Gasteiger partial charge in [-0.15, -0.1) is 0 Å². The Balaban J connectivity index is 2.30. The molecule has 0 spiro atoms. The predicted molar refractivity (Wildman–Crippen MR) is 86.3 cm³/mol. The Morgan fingerprint density at radius 3 is 2.91 bits per heavy atom. The summed E-state index contributed by atoms with van der Waals surface area (Å²) < 4.78 is 1.86.